The minimum atomic E-state index is -0.665. The average Bonchev–Trinajstić information content (AvgIpc) is 2.49. The summed E-state index contributed by atoms with van der Waals surface area (Å²) in [7, 11) is 0. The molecule has 0 aromatic carbocycles. The number of carboxylic acid groups (broad SMARTS) is 1. The third-order valence-electron chi connectivity index (χ3n) is 4.11. The summed E-state index contributed by atoms with van der Waals surface area (Å²) < 4.78 is 0. The molecule has 2 N–H and O–H groups in total. The average molecular weight is 345 g/mol. The Kier molecular flexibility index (Phi) is 21.9. The van der Waals surface area contributed by atoms with Crippen molar-refractivity contribution >= 4 is 5.97 Å². The van der Waals surface area contributed by atoms with Crippen molar-refractivity contribution in [2.75, 3.05) is 6.61 Å². The van der Waals surface area contributed by atoms with E-state index in [1.54, 1.807) is 0 Å². The topological polar surface area (TPSA) is 57.5 Å². The van der Waals surface area contributed by atoms with Gasteiger partial charge in [0.2, 0.25) is 0 Å². The Balaban J connectivity index is 0. The van der Waals surface area contributed by atoms with Crippen molar-refractivity contribution < 1.29 is 15.0 Å². The predicted octanol–water partition coefficient (Wildman–Crippen LogP) is 6.43. The zero-order valence-corrected chi connectivity index (χ0v) is 16.9. The molecule has 0 aromatic rings. The van der Waals surface area contributed by atoms with Crippen LogP contribution in [0.4, 0.5) is 0 Å². The molecule has 0 aliphatic heterocycles. The van der Waals surface area contributed by atoms with Crippen LogP contribution in [0.5, 0.6) is 0 Å². The molecule has 0 atom stereocenters. The van der Waals surface area contributed by atoms with Crippen LogP contribution in [0.15, 0.2) is 0 Å². The summed E-state index contributed by atoms with van der Waals surface area (Å²) in [5.74, 6) is 0.994. The summed E-state index contributed by atoms with van der Waals surface area (Å²) in [6.45, 7) is 9.39. The lowest BCUT2D eigenvalue weighted by Crippen LogP contribution is -1.93. The molecule has 0 heterocycles. The van der Waals surface area contributed by atoms with Crippen molar-refractivity contribution in [2.45, 2.75) is 111 Å². The van der Waals surface area contributed by atoms with E-state index < -0.39 is 5.97 Å². The Morgan fingerprint density at radius 3 is 1.42 bits per heavy atom. The molecule has 146 valence electrons. The molecule has 0 saturated carbocycles. The SMILES string of the molecule is CC(C)CCCCCCCC(=O)O.CC(C)CCCCCCCO. The van der Waals surface area contributed by atoms with Crippen LogP contribution >= 0.6 is 0 Å². The first-order valence-corrected chi connectivity index (χ1v) is 10.2. The number of hydrogen-bond acceptors (Lipinski definition) is 2. The smallest absolute Gasteiger partial charge is 0.303 e. The van der Waals surface area contributed by atoms with Crippen molar-refractivity contribution in [3.8, 4) is 0 Å². The molecule has 0 spiro atoms. The Bertz CT molecular complexity index is 249. The normalized spacial score (nSPS) is 10.8. The first-order valence-electron chi connectivity index (χ1n) is 10.2. The van der Waals surface area contributed by atoms with Crippen molar-refractivity contribution in [3.05, 3.63) is 0 Å². The van der Waals surface area contributed by atoms with E-state index in [4.69, 9.17) is 10.2 Å². The molecule has 0 rings (SSSR count). The van der Waals surface area contributed by atoms with Crippen molar-refractivity contribution in [2.24, 2.45) is 11.8 Å². The first kappa shape index (κ1) is 25.7. The van der Waals surface area contributed by atoms with E-state index >= 15 is 0 Å². The summed E-state index contributed by atoms with van der Waals surface area (Å²) >= 11 is 0. The third-order valence-corrected chi connectivity index (χ3v) is 4.11. The Morgan fingerprint density at radius 1 is 0.667 bits per heavy atom. The Morgan fingerprint density at radius 2 is 1.04 bits per heavy atom. The second kappa shape index (κ2) is 20.5. The van der Waals surface area contributed by atoms with Crippen LogP contribution in [0.1, 0.15) is 111 Å². The number of carboxylic acids is 1. The van der Waals surface area contributed by atoms with Gasteiger partial charge < -0.3 is 10.2 Å². The van der Waals surface area contributed by atoms with E-state index in [0.29, 0.717) is 13.0 Å². The van der Waals surface area contributed by atoms with Gasteiger partial charge in [-0.25, -0.2) is 0 Å². The molecule has 3 heteroatoms. The molecule has 0 unspecified atom stereocenters. The minimum absolute atomic E-state index is 0.337. The third kappa shape index (κ3) is 29.4. The lowest BCUT2D eigenvalue weighted by atomic mass is 10.0. The van der Waals surface area contributed by atoms with Gasteiger partial charge in [0.05, 0.1) is 0 Å². The van der Waals surface area contributed by atoms with E-state index in [1.807, 2.05) is 0 Å². The van der Waals surface area contributed by atoms with Gasteiger partial charge in [-0.05, 0) is 24.7 Å². The molecular formula is C21H44O3. The molecule has 0 fully saturated rings. The molecule has 0 aromatic heterocycles. The number of carbonyl (C=O) groups is 1. The summed E-state index contributed by atoms with van der Waals surface area (Å²) in [4.78, 5) is 10.2. The fraction of sp³-hybridized carbons (Fsp3) is 0.952. The maximum Gasteiger partial charge on any atom is 0.303 e. The van der Waals surface area contributed by atoms with Crippen molar-refractivity contribution in [1.29, 1.82) is 0 Å². The molecule has 0 aliphatic carbocycles. The van der Waals surface area contributed by atoms with Crippen LogP contribution in [0, 0.1) is 11.8 Å². The zero-order chi connectivity index (χ0) is 18.6. The number of unbranched alkanes of at least 4 members (excludes halogenated alkanes) is 8. The molecule has 0 saturated heterocycles. The van der Waals surface area contributed by atoms with Gasteiger partial charge in [-0.1, -0.05) is 91.9 Å². The van der Waals surface area contributed by atoms with E-state index in [1.165, 1.54) is 57.8 Å². The maximum absolute atomic E-state index is 10.2. The monoisotopic (exact) mass is 344 g/mol. The molecule has 0 amide bonds. The highest BCUT2D eigenvalue weighted by atomic mass is 16.4. The highest BCUT2D eigenvalue weighted by Crippen LogP contribution is 2.11. The summed E-state index contributed by atoms with van der Waals surface area (Å²) in [6.07, 6.45) is 14.9. The maximum atomic E-state index is 10.2. The van der Waals surface area contributed by atoms with Gasteiger partial charge in [0.1, 0.15) is 0 Å². The molecular weight excluding hydrogens is 300 g/mol. The van der Waals surface area contributed by atoms with Gasteiger partial charge in [-0.3, -0.25) is 4.79 Å². The fourth-order valence-electron chi connectivity index (χ4n) is 2.55. The summed E-state index contributed by atoms with van der Waals surface area (Å²) in [6, 6.07) is 0. The van der Waals surface area contributed by atoms with Gasteiger partial charge in [-0.15, -0.1) is 0 Å². The van der Waals surface area contributed by atoms with Gasteiger partial charge in [-0.2, -0.15) is 0 Å². The standard InChI is InChI=1S/C11H22O2.C10H22O/c1-10(2)8-6-4-3-5-7-9-11(12)13;1-10(2)8-6-4-3-5-7-9-11/h10H,3-9H2,1-2H3,(H,12,13);10-11H,3-9H2,1-2H3. The zero-order valence-electron chi connectivity index (χ0n) is 16.9. The van der Waals surface area contributed by atoms with Crippen LogP contribution in [-0.4, -0.2) is 22.8 Å². The fourth-order valence-corrected chi connectivity index (χ4v) is 2.55. The van der Waals surface area contributed by atoms with Gasteiger partial charge in [0, 0.05) is 13.0 Å². The van der Waals surface area contributed by atoms with Gasteiger partial charge in [0.25, 0.3) is 0 Å². The van der Waals surface area contributed by atoms with E-state index in [2.05, 4.69) is 27.7 Å². The van der Waals surface area contributed by atoms with Crippen LogP contribution < -0.4 is 0 Å². The van der Waals surface area contributed by atoms with Crippen LogP contribution in [0.25, 0.3) is 0 Å². The number of rotatable bonds is 15. The van der Waals surface area contributed by atoms with Crippen molar-refractivity contribution in [1.82, 2.24) is 0 Å². The molecule has 3 nitrogen and oxygen atoms in total. The lowest BCUT2D eigenvalue weighted by Gasteiger charge is -2.03. The summed E-state index contributed by atoms with van der Waals surface area (Å²) in [5, 5.41) is 16.9. The van der Waals surface area contributed by atoms with Crippen LogP contribution in [-0.2, 0) is 4.79 Å². The van der Waals surface area contributed by atoms with Crippen molar-refractivity contribution in [3.63, 3.8) is 0 Å². The minimum Gasteiger partial charge on any atom is -0.481 e. The summed E-state index contributed by atoms with van der Waals surface area (Å²) in [5.41, 5.74) is 0. The van der Waals surface area contributed by atoms with Gasteiger partial charge in [0.15, 0.2) is 0 Å². The predicted molar refractivity (Wildman–Crippen MR) is 104 cm³/mol. The number of aliphatic hydroxyl groups is 1. The number of aliphatic hydroxyl groups excluding tert-OH is 1. The Labute approximate surface area is 151 Å². The van der Waals surface area contributed by atoms with Crippen LogP contribution in [0.3, 0.4) is 0 Å². The second-order valence-corrected chi connectivity index (χ2v) is 7.77. The Hall–Kier alpha value is -0.570. The highest BCUT2D eigenvalue weighted by molar-refractivity contribution is 5.66. The molecule has 0 aliphatic rings. The lowest BCUT2D eigenvalue weighted by molar-refractivity contribution is -0.137. The van der Waals surface area contributed by atoms with Gasteiger partial charge >= 0.3 is 5.97 Å². The van der Waals surface area contributed by atoms with E-state index in [-0.39, 0.29) is 0 Å². The highest BCUT2D eigenvalue weighted by Gasteiger charge is 1.97. The van der Waals surface area contributed by atoms with E-state index in [9.17, 15) is 4.79 Å². The molecule has 0 bridgehead atoms. The van der Waals surface area contributed by atoms with Crippen LogP contribution in [0.2, 0.25) is 0 Å². The first-order chi connectivity index (χ1) is 11.4. The number of aliphatic carboxylic acids is 1. The second-order valence-electron chi connectivity index (χ2n) is 7.77. The quantitative estimate of drug-likeness (QED) is 0.336. The van der Waals surface area contributed by atoms with E-state index in [0.717, 1.165) is 31.1 Å². The molecule has 0 radical (unpaired) electrons. The molecule has 24 heavy (non-hydrogen) atoms. The number of hydrogen-bond donors (Lipinski definition) is 2. The largest absolute Gasteiger partial charge is 0.481 e.